The topological polar surface area (TPSA) is 180 Å². The van der Waals surface area contributed by atoms with Crippen LogP contribution in [0.2, 0.25) is 0 Å². The van der Waals surface area contributed by atoms with E-state index in [-0.39, 0.29) is 13.2 Å². The average molecular weight is 501 g/mol. The molecule has 0 rings (SSSR count). The van der Waals surface area contributed by atoms with E-state index in [1.165, 1.54) is 0 Å². The highest BCUT2D eigenvalue weighted by Crippen LogP contribution is 2.39. The number of rotatable bonds is 16. The van der Waals surface area contributed by atoms with E-state index in [1.807, 2.05) is 0 Å². The van der Waals surface area contributed by atoms with Crippen molar-refractivity contribution in [3.8, 4) is 0 Å². The predicted molar refractivity (Wildman–Crippen MR) is 113 cm³/mol. The average Bonchev–Trinajstić information content (AvgIpc) is 2.54. The fourth-order valence-corrected chi connectivity index (χ4v) is 6.15. The van der Waals surface area contributed by atoms with Gasteiger partial charge in [-0.2, -0.15) is 0 Å². The van der Waals surface area contributed by atoms with Gasteiger partial charge in [-0.25, -0.2) is 9.13 Å². The Balaban J connectivity index is 4.04. The zero-order chi connectivity index (χ0) is 22.9. The van der Waals surface area contributed by atoms with Crippen LogP contribution in [0.15, 0.2) is 0 Å². The highest BCUT2D eigenvalue weighted by Gasteiger charge is 2.27. The van der Waals surface area contributed by atoms with Crippen molar-refractivity contribution < 1.29 is 46.9 Å². The van der Waals surface area contributed by atoms with Crippen molar-refractivity contribution >= 4 is 38.0 Å². The first-order chi connectivity index (χ1) is 12.9. The second-order valence-electron chi connectivity index (χ2n) is 8.41. The minimum absolute atomic E-state index is 0.139. The largest absolute Gasteiger partial charge is 0.616 e. The molecular weight excluding hydrogens is 466 g/mol. The van der Waals surface area contributed by atoms with Crippen molar-refractivity contribution in [1.82, 2.24) is 0 Å². The van der Waals surface area contributed by atoms with Gasteiger partial charge in [0.1, 0.15) is 23.0 Å². The summed E-state index contributed by atoms with van der Waals surface area (Å²) >= 11 is -2.26. The van der Waals surface area contributed by atoms with Gasteiger partial charge in [0, 0.05) is 6.42 Å². The van der Waals surface area contributed by atoms with Crippen LogP contribution in [0, 0.1) is 10.8 Å². The van der Waals surface area contributed by atoms with Crippen molar-refractivity contribution in [1.29, 1.82) is 0 Å². The molecule has 0 radical (unpaired) electrons. The Morgan fingerprint density at radius 3 is 1.31 bits per heavy atom. The smallest absolute Gasteiger partial charge is 0.469 e. The van der Waals surface area contributed by atoms with Crippen molar-refractivity contribution in [2.75, 3.05) is 36.2 Å². The Morgan fingerprint density at radius 2 is 1.03 bits per heavy atom. The summed E-state index contributed by atoms with van der Waals surface area (Å²) in [4.78, 5) is 35.0. The first-order valence-corrected chi connectivity index (χ1v) is 15.0. The maximum Gasteiger partial charge on any atom is 0.469 e. The van der Waals surface area contributed by atoms with Crippen LogP contribution in [0.5, 0.6) is 0 Å². The zero-order valence-corrected chi connectivity index (χ0v) is 20.7. The first-order valence-electron chi connectivity index (χ1n) is 9.01. The van der Waals surface area contributed by atoms with E-state index in [0.717, 1.165) is 0 Å². The van der Waals surface area contributed by atoms with Crippen molar-refractivity contribution in [2.45, 2.75) is 47.0 Å². The second kappa shape index (κ2) is 12.8. The van der Waals surface area contributed by atoms with Gasteiger partial charge in [-0.15, -0.1) is 0 Å². The molecule has 10 nitrogen and oxygen atoms in total. The molecule has 14 heteroatoms. The Labute approximate surface area is 179 Å². The summed E-state index contributed by atoms with van der Waals surface area (Å²) in [6.07, 6.45) is 1.45. The van der Waals surface area contributed by atoms with Crippen LogP contribution in [-0.4, -0.2) is 64.9 Å². The lowest BCUT2D eigenvalue weighted by atomic mass is 9.92. The predicted octanol–water partition coefficient (Wildman–Crippen LogP) is 1.93. The third-order valence-corrected chi connectivity index (χ3v) is 7.74. The molecule has 0 saturated carbocycles. The maximum atomic E-state index is 12.1. The van der Waals surface area contributed by atoms with Crippen molar-refractivity contribution in [3.63, 3.8) is 0 Å². The molecule has 0 amide bonds. The van der Waals surface area contributed by atoms with Gasteiger partial charge in [0.05, 0.1) is 13.2 Å². The van der Waals surface area contributed by atoms with Gasteiger partial charge in [-0.1, -0.05) is 50.0 Å². The highest BCUT2D eigenvalue weighted by molar-refractivity contribution is 7.92. The third kappa shape index (κ3) is 19.3. The Kier molecular flexibility index (Phi) is 13.1. The van der Waals surface area contributed by atoms with Gasteiger partial charge in [0.25, 0.3) is 0 Å². The van der Waals surface area contributed by atoms with E-state index in [9.17, 15) is 18.2 Å². The summed E-state index contributed by atoms with van der Waals surface area (Å²) in [5.74, 6) is 1.48. The molecule has 2 atom stereocenters. The van der Waals surface area contributed by atoms with E-state index in [0.29, 0.717) is 42.3 Å². The van der Waals surface area contributed by atoms with E-state index < -0.39 is 48.8 Å². The second-order valence-corrected chi connectivity index (χ2v) is 14.3. The van der Waals surface area contributed by atoms with Gasteiger partial charge in [0.15, 0.2) is 0 Å². The molecule has 2 unspecified atom stereocenters. The molecule has 4 N–H and O–H groups in total. The lowest BCUT2D eigenvalue weighted by Crippen LogP contribution is -2.26. The maximum absolute atomic E-state index is 12.1. The van der Waals surface area contributed by atoms with Crippen molar-refractivity contribution in [3.05, 3.63) is 0 Å². The van der Waals surface area contributed by atoms with Gasteiger partial charge in [0.2, 0.25) is 0 Å². The number of hydrogen-bond acceptors (Lipinski definition) is 6. The van der Waals surface area contributed by atoms with Crippen LogP contribution >= 0.6 is 15.6 Å². The monoisotopic (exact) mass is 500 g/mol. The lowest BCUT2D eigenvalue weighted by Gasteiger charge is -2.25. The molecule has 0 saturated heterocycles. The van der Waals surface area contributed by atoms with Gasteiger partial charge in [-0.05, 0) is 23.7 Å². The minimum atomic E-state index is -4.53. The Bertz CT molecular complexity index is 515. The van der Waals surface area contributed by atoms with Crippen LogP contribution in [0.25, 0.3) is 0 Å². The molecule has 0 fully saturated rings. The summed E-state index contributed by atoms with van der Waals surface area (Å²) in [5.41, 5.74) is -1.05. The van der Waals surface area contributed by atoms with E-state index in [2.05, 4.69) is 9.05 Å². The summed E-state index contributed by atoms with van der Waals surface area (Å²) in [6, 6.07) is 0. The minimum Gasteiger partial charge on any atom is -0.616 e. The number of phosphoric acid groups is 2. The molecule has 0 aromatic carbocycles. The summed E-state index contributed by atoms with van der Waals surface area (Å²) in [7, 11) is -9.05. The number of hydrogen-bond donors (Lipinski definition) is 4. The van der Waals surface area contributed by atoms with Crippen LogP contribution < -0.4 is 0 Å². The van der Waals surface area contributed by atoms with E-state index >= 15 is 0 Å². The van der Waals surface area contributed by atoms with Gasteiger partial charge >= 0.3 is 15.6 Å². The van der Waals surface area contributed by atoms with E-state index in [4.69, 9.17) is 19.6 Å². The van der Waals surface area contributed by atoms with E-state index in [1.54, 1.807) is 27.7 Å². The molecule has 29 heavy (non-hydrogen) atoms. The van der Waals surface area contributed by atoms with Crippen LogP contribution in [0.4, 0.5) is 0 Å². The van der Waals surface area contributed by atoms with Gasteiger partial charge in [-0.3, -0.25) is 9.05 Å². The Hall–Kier alpha value is 0.840. The zero-order valence-electron chi connectivity index (χ0n) is 17.3. The molecule has 176 valence electrons. The quantitative estimate of drug-likeness (QED) is 0.181. The summed E-state index contributed by atoms with van der Waals surface area (Å²) in [6.45, 7) is 6.80. The molecular formula is C15H34O10P2S2. The molecule has 0 heterocycles. The first kappa shape index (κ1) is 29.8. The standard InChI is InChI=1S/C15H34O10P2S2/c1-14(2,12-24-26(16,17)18)6-10-28(22)8-5-9-29(23)11-7-15(3,4)13-25-27(19,20)21/h5-13H2,1-4H3,(H2,16,17,18)(H2,19,20,21). The van der Waals surface area contributed by atoms with Crippen LogP contribution in [0.1, 0.15) is 47.0 Å². The molecule has 0 aliphatic carbocycles. The Morgan fingerprint density at radius 1 is 0.724 bits per heavy atom. The summed E-state index contributed by atoms with van der Waals surface area (Å²) < 4.78 is 54.7. The highest BCUT2D eigenvalue weighted by atomic mass is 32.2. The fraction of sp³-hybridized carbons (Fsp3) is 1.00. The molecule has 0 aromatic rings. The molecule has 0 aliphatic rings. The molecule has 0 aliphatic heterocycles. The third-order valence-electron chi connectivity index (χ3n) is 4.00. The normalized spacial score (nSPS) is 16.1. The van der Waals surface area contributed by atoms with Crippen LogP contribution in [0.3, 0.4) is 0 Å². The molecule has 0 aromatic heterocycles. The fourth-order valence-electron chi connectivity index (χ4n) is 2.03. The number of phosphoric ester groups is 2. The SMILES string of the molecule is CC(C)(CC[S+]([O-])CCC[S+]([O-])CCC(C)(C)COP(=O)(O)O)COP(=O)(O)O. The summed E-state index contributed by atoms with van der Waals surface area (Å²) in [5, 5.41) is 0. The van der Waals surface area contributed by atoms with Crippen molar-refractivity contribution in [2.24, 2.45) is 10.8 Å². The van der Waals surface area contributed by atoms with Gasteiger partial charge < -0.3 is 28.7 Å². The molecule has 0 bridgehead atoms. The lowest BCUT2D eigenvalue weighted by molar-refractivity contribution is 0.126. The molecule has 0 spiro atoms. The van der Waals surface area contributed by atoms with Crippen LogP contribution in [-0.2, 0) is 40.5 Å².